The van der Waals surface area contributed by atoms with Gasteiger partial charge in [-0.2, -0.15) is 0 Å². The van der Waals surface area contributed by atoms with E-state index in [2.05, 4.69) is 18.0 Å². The molecular formula is C16H25ClN2O. The van der Waals surface area contributed by atoms with E-state index in [1.54, 1.807) is 0 Å². The van der Waals surface area contributed by atoms with Crippen LogP contribution in [-0.4, -0.2) is 37.2 Å². The molecule has 0 amide bonds. The van der Waals surface area contributed by atoms with Crippen molar-refractivity contribution in [1.82, 2.24) is 4.90 Å². The Morgan fingerprint density at radius 1 is 1.40 bits per heavy atom. The van der Waals surface area contributed by atoms with Crippen molar-refractivity contribution in [2.75, 3.05) is 20.2 Å². The van der Waals surface area contributed by atoms with Gasteiger partial charge in [-0.15, -0.1) is 0 Å². The first kappa shape index (κ1) is 15.8. The molecular weight excluding hydrogens is 272 g/mol. The predicted molar refractivity (Wildman–Crippen MR) is 84.1 cm³/mol. The van der Waals surface area contributed by atoms with Gasteiger partial charge in [-0.1, -0.05) is 29.8 Å². The summed E-state index contributed by atoms with van der Waals surface area (Å²) in [7, 11) is 2.11. The van der Waals surface area contributed by atoms with Gasteiger partial charge >= 0.3 is 0 Å². The van der Waals surface area contributed by atoms with Gasteiger partial charge in [0.05, 0.1) is 12.1 Å². The highest BCUT2D eigenvalue weighted by molar-refractivity contribution is 6.31. The van der Waals surface area contributed by atoms with Gasteiger partial charge in [0.25, 0.3) is 0 Å². The van der Waals surface area contributed by atoms with E-state index >= 15 is 0 Å². The summed E-state index contributed by atoms with van der Waals surface area (Å²) in [6.45, 7) is 3.82. The molecule has 1 aliphatic heterocycles. The smallest absolute Gasteiger partial charge is 0.0702 e. The van der Waals surface area contributed by atoms with Crippen LogP contribution in [0.3, 0.4) is 0 Å². The van der Waals surface area contributed by atoms with Gasteiger partial charge in [-0.05, 0) is 44.9 Å². The average molecular weight is 297 g/mol. The molecule has 0 aliphatic carbocycles. The summed E-state index contributed by atoms with van der Waals surface area (Å²) in [5.41, 5.74) is 7.30. The van der Waals surface area contributed by atoms with Crippen LogP contribution in [-0.2, 0) is 4.74 Å². The maximum Gasteiger partial charge on any atom is 0.0702 e. The van der Waals surface area contributed by atoms with Gasteiger partial charge in [0.15, 0.2) is 0 Å². The SMILES string of the molecule is CC(N)C(c1ccccc1Cl)N(C)CC1CCCCO1. The van der Waals surface area contributed by atoms with E-state index in [1.165, 1.54) is 12.8 Å². The van der Waals surface area contributed by atoms with Crippen LogP contribution in [0.4, 0.5) is 0 Å². The molecule has 1 heterocycles. The minimum atomic E-state index is 0.0171. The fraction of sp³-hybridized carbons (Fsp3) is 0.625. The lowest BCUT2D eigenvalue weighted by Gasteiger charge is -2.35. The quantitative estimate of drug-likeness (QED) is 0.906. The molecule has 1 aliphatic rings. The zero-order valence-electron chi connectivity index (χ0n) is 12.4. The topological polar surface area (TPSA) is 38.5 Å². The zero-order valence-corrected chi connectivity index (χ0v) is 13.1. The normalized spacial score (nSPS) is 22.8. The van der Waals surface area contributed by atoms with E-state index in [1.807, 2.05) is 25.1 Å². The lowest BCUT2D eigenvalue weighted by atomic mass is 9.98. The monoisotopic (exact) mass is 296 g/mol. The zero-order chi connectivity index (χ0) is 14.5. The van der Waals surface area contributed by atoms with Gasteiger partial charge in [0, 0.05) is 24.2 Å². The molecule has 4 heteroatoms. The third kappa shape index (κ3) is 3.95. The molecule has 0 spiro atoms. The molecule has 3 atom stereocenters. The number of ether oxygens (including phenoxy) is 1. The second-order valence-electron chi connectivity index (χ2n) is 5.75. The summed E-state index contributed by atoms with van der Waals surface area (Å²) in [5, 5.41) is 0.784. The van der Waals surface area contributed by atoms with Crippen LogP contribution in [0.25, 0.3) is 0 Å². The Kier molecular flexibility index (Phi) is 5.85. The summed E-state index contributed by atoms with van der Waals surface area (Å²) in [6.07, 6.45) is 3.89. The largest absolute Gasteiger partial charge is 0.377 e. The van der Waals surface area contributed by atoms with E-state index < -0.39 is 0 Å². The summed E-state index contributed by atoms with van der Waals surface area (Å²) in [5.74, 6) is 0. The minimum Gasteiger partial charge on any atom is -0.377 e. The Bertz CT molecular complexity index is 419. The van der Waals surface area contributed by atoms with E-state index in [9.17, 15) is 0 Å². The Hall–Kier alpha value is -0.610. The highest BCUT2D eigenvalue weighted by atomic mass is 35.5. The highest BCUT2D eigenvalue weighted by Crippen LogP contribution is 2.29. The summed E-state index contributed by atoms with van der Waals surface area (Å²) < 4.78 is 5.83. The van der Waals surface area contributed by atoms with Crippen molar-refractivity contribution in [1.29, 1.82) is 0 Å². The van der Waals surface area contributed by atoms with Gasteiger partial charge in [-0.25, -0.2) is 0 Å². The van der Waals surface area contributed by atoms with Crippen LogP contribution in [0, 0.1) is 0 Å². The number of halogens is 1. The van der Waals surface area contributed by atoms with Crippen LogP contribution >= 0.6 is 11.6 Å². The minimum absolute atomic E-state index is 0.0171. The molecule has 0 radical (unpaired) electrons. The molecule has 0 aromatic heterocycles. The molecule has 3 unspecified atom stereocenters. The van der Waals surface area contributed by atoms with Crippen LogP contribution in [0.2, 0.25) is 5.02 Å². The first-order chi connectivity index (χ1) is 9.59. The van der Waals surface area contributed by atoms with E-state index in [4.69, 9.17) is 22.1 Å². The van der Waals surface area contributed by atoms with Crippen molar-refractivity contribution in [3.63, 3.8) is 0 Å². The Morgan fingerprint density at radius 3 is 2.75 bits per heavy atom. The fourth-order valence-electron chi connectivity index (χ4n) is 3.02. The molecule has 2 N–H and O–H groups in total. The van der Waals surface area contributed by atoms with Crippen molar-refractivity contribution in [2.45, 2.75) is 44.4 Å². The van der Waals surface area contributed by atoms with Crippen LogP contribution in [0.5, 0.6) is 0 Å². The molecule has 3 nitrogen and oxygen atoms in total. The van der Waals surface area contributed by atoms with Crippen LogP contribution in [0.15, 0.2) is 24.3 Å². The summed E-state index contributed by atoms with van der Waals surface area (Å²) in [4.78, 5) is 2.28. The Morgan fingerprint density at radius 2 is 2.15 bits per heavy atom. The molecule has 1 aromatic carbocycles. The maximum atomic E-state index is 6.34. The number of rotatable bonds is 5. The third-order valence-electron chi connectivity index (χ3n) is 3.96. The average Bonchev–Trinajstić information content (AvgIpc) is 2.42. The molecule has 2 rings (SSSR count). The summed E-state index contributed by atoms with van der Waals surface area (Å²) >= 11 is 6.34. The third-order valence-corrected chi connectivity index (χ3v) is 4.31. The first-order valence-corrected chi connectivity index (χ1v) is 7.79. The van der Waals surface area contributed by atoms with Crippen molar-refractivity contribution in [3.05, 3.63) is 34.9 Å². The number of likely N-dealkylation sites (N-methyl/N-ethyl adjacent to an activating group) is 1. The Balaban J connectivity index is 2.09. The number of hydrogen-bond donors (Lipinski definition) is 1. The molecule has 0 bridgehead atoms. The van der Waals surface area contributed by atoms with Gasteiger partial charge < -0.3 is 10.5 Å². The van der Waals surface area contributed by atoms with Gasteiger partial charge in [0.2, 0.25) is 0 Å². The molecule has 112 valence electrons. The van der Waals surface area contributed by atoms with E-state index in [0.29, 0.717) is 6.10 Å². The van der Waals surface area contributed by atoms with E-state index in [0.717, 1.165) is 30.2 Å². The molecule has 20 heavy (non-hydrogen) atoms. The fourth-order valence-corrected chi connectivity index (χ4v) is 3.27. The van der Waals surface area contributed by atoms with Crippen molar-refractivity contribution in [3.8, 4) is 0 Å². The van der Waals surface area contributed by atoms with Gasteiger partial charge in [0.1, 0.15) is 0 Å². The lowest BCUT2D eigenvalue weighted by molar-refractivity contribution is -0.00984. The van der Waals surface area contributed by atoms with Crippen molar-refractivity contribution >= 4 is 11.6 Å². The second-order valence-corrected chi connectivity index (χ2v) is 6.16. The second kappa shape index (κ2) is 7.41. The number of nitrogens with two attached hydrogens (primary N) is 1. The first-order valence-electron chi connectivity index (χ1n) is 7.41. The maximum absolute atomic E-state index is 6.34. The highest BCUT2D eigenvalue weighted by Gasteiger charge is 2.26. The molecule has 0 saturated carbocycles. The van der Waals surface area contributed by atoms with E-state index in [-0.39, 0.29) is 12.1 Å². The molecule has 1 fully saturated rings. The molecule has 1 saturated heterocycles. The number of nitrogens with zero attached hydrogens (tertiary/aromatic N) is 1. The van der Waals surface area contributed by atoms with Crippen molar-refractivity contribution in [2.24, 2.45) is 5.73 Å². The van der Waals surface area contributed by atoms with Gasteiger partial charge in [-0.3, -0.25) is 4.90 Å². The van der Waals surface area contributed by atoms with Crippen molar-refractivity contribution < 1.29 is 4.74 Å². The van der Waals surface area contributed by atoms with Crippen LogP contribution < -0.4 is 5.73 Å². The number of hydrogen-bond acceptors (Lipinski definition) is 3. The summed E-state index contributed by atoms with van der Waals surface area (Å²) in [6, 6.07) is 8.10. The van der Waals surface area contributed by atoms with Crippen LogP contribution in [0.1, 0.15) is 37.8 Å². The molecule has 1 aromatic rings. The predicted octanol–water partition coefficient (Wildman–Crippen LogP) is 3.23. The lowest BCUT2D eigenvalue weighted by Crippen LogP contribution is -2.42. The Labute approximate surface area is 127 Å². The number of benzene rings is 1. The standard InChI is InChI=1S/C16H25ClN2O/c1-12(18)16(14-8-3-4-9-15(14)17)19(2)11-13-7-5-6-10-20-13/h3-4,8-9,12-13,16H,5-7,10-11,18H2,1-2H3.